The summed E-state index contributed by atoms with van der Waals surface area (Å²) < 4.78 is 0. The summed E-state index contributed by atoms with van der Waals surface area (Å²) in [6.07, 6.45) is 1.55. The summed E-state index contributed by atoms with van der Waals surface area (Å²) in [7, 11) is 1.81. The third kappa shape index (κ3) is 5.85. The number of anilines is 1. The van der Waals surface area contributed by atoms with E-state index in [0.29, 0.717) is 12.5 Å². The molecule has 0 aliphatic carbocycles. The number of amides is 1. The van der Waals surface area contributed by atoms with E-state index in [-0.39, 0.29) is 11.9 Å². The second kappa shape index (κ2) is 10.5. The first-order valence-corrected chi connectivity index (χ1v) is 10.9. The second-order valence-electron chi connectivity index (χ2n) is 7.98. The van der Waals surface area contributed by atoms with Gasteiger partial charge in [-0.3, -0.25) is 14.7 Å². The monoisotopic (exact) mass is 400 g/mol. The first-order chi connectivity index (χ1) is 14.1. The molecule has 29 heavy (non-hydrogen) atoms. The Balaban J connectivity index is 1.39. The molecule has 1 aromatic carbocycles. The summed E-state index contributed by atoms with van der Waals surface area (Å²) in [6, 6.07) is 11.4. The van der Waals surface area contributed by atoms with E-state index in [9.17, 15) is 4.79 Å². The SMILES string of the molecule is CCC(=O)N1CCC(NC(=NC)NCC(C)N2CCN(c3ccccc3)CC2)C1. The van der Waals surface area contributed by atoms with Crippen molar-refractivity contribution in [1.82, 2.24) is 20.4 Å². The molecule has 1 aromatic rings. The molecule has 2 aliphatic rings. The van der Waals surface area contributed by atoms with Gasteiger partial charge in [0.1, 0.15) is 0 Å². The van der Waals surface area contributed by atoms with Gasteiger partial charge >= 0.3 is 0 Å². The maximum Gasteiger partial charge on any atom is 0.222 e. The molecule has 2 unspecified atom stereocenters. The van der Waals surface area contributed by atoms with Gasteiger partial charge in [-0.25, -0.2) is 0 Å². The fourth-order valence-electron chi connectivity index (χ4n) is 4.15. The van der Waals surface area contributed by atoms with Gasteiger partial charge in [0.2, 0.25) is 5.91 Å². The zero-order valence-electron chi connectivity index (χ0n) is 18.1. The molecule has 2 N–H and O–H groups in total. The van der Waals surface area contributed by atoms with Crippen LogP contribution in [0.3, 0.4) is 0 Å². The molecule has 3 rings (SSSR count). The highest BCUT2D eigenvalue weighted by Gasteiger charge is 2.26. The van der Waals surface area contributed by atoms with Gasteiger partial charge in [-0.1, -0.05) is 25.1 Å². The van der Waals surface area contributed by atoms with Crippen LogP contribution >= 0.6 is 0 Å². The molecule has 7 heteroatoms. The standard InChI is InChI=1S/C22H36N6O/c1-4-21(29)28-11-10-19(17-28)25-22(23-3)24-16-18(2)26-12-14-27(15-13-26)20-8-6-5-7-9-20/h5-9,18-19H,4,10-17H2,1-3H3,(H2,23,24,25). The normalized spacial score (nSPS) is 21.9. The highest BCUT2D eigenvalue weighted by atomic mass is 16.2. The van der Waals surface area contributed by atoms with Crippen molar-refractivity contribution in [2.24, 2.45) is 4.99 Å². The number of rotatable bonds is 6. The fraction of sp³-hybridized carbons (Fsp3) is 0.636. The van der Waals surface area contributed by atoms with Crippen LogP contribution in [0.2, 0.25) is 0 Å². The molecule has 2 heterocycles. The van der Waals surface area contributed by atoms with Gasteiger partial charge in [0, 0.05) is 77.1 Å². The van der Waals surface area contributed by atoms with Gasteiger partial charge in [0.15, 0.2) is 5.96 Å². The molecule has 2 fully saturated rings. The minimum Gasteiger partial charge on any atom is -0.369 e. The molecule has 2 atom stereocenters. The summed E-state index contributed by atoms with van der Waals surface area (Å²) in [5, 5.41) is 6.95. The van der Waals surface area contributed by atoms with Gasteiger partial charge in [0.05, 0.1) is 0 Å². The van der Waals surface area contributed by atoms with Gasteiger partial charge in [-0.05, 0) is 25.5 Å². The zero-order chi connectivity index (χ0) is 20.6. The van der Waals surface area contributed by atoms with Crippen LogP contribution in [-0.2, 0) is 4.79 Å². The minimum absolute atomic E-state index is 0.237. The Morgan fingerprint density at radius 2 is 1.90 bits per heavy atom. The van der Waals surface area contributed by atoms with E-state index in [2.05, 4.69) is 62.7 Å². The lowest BCUT2D eigenvalue weighted by Gasteiger charge is -2.39. The lowest BCUT2D eigenvalue weighted by molar-refractivity contribution is -0.129. The highest BCUT2D eigenvalue weighted by molar-refractivity contribution is 5.80. The van der Waals surface area contributed by atoms with E-state index >= 15 is 0 Å². The number of para-hydroxylation sites is 1. The lowest BCUT2D eigenvalue weighted by Crippen LogP contribution is -2.54. The molecule has 7 nitrogen and oxygen atoms in total. The summed E-state index contributed by atoms with van der Waals surface area (Å²) in [4.78, 5) is 23.2. The number of hydrogen-bond acceptors (Lipinski definition) is 4. The van der Waals surface area contributed by atoms with Crippen molar-refractivity contribution in [3.05, 3.63) is 30.3 Å². The van der Waals surface area contributed by atoms with E-state index in [1.165, 1.54) is 5.69 Å². The van der Waals surface area contributed by atoms with Crippen molar-refractivity contribution < 1.29 is 4.79 Å². The third-order valence-corrected chi connectivity index (χ3v) is 6.03. The van der Waals surface area contributed by atoms with Crippen molar-refractivity contribution in [2.75, 3.05) is 57.8 Å². The number of benzene rings is 1. The van der Waals surface area contributed by atoms with Crippen LogP contribution in [0.5, 0.6) is 0 Å². The predicted octanol–water partition coefficient (Wildman–Crippen LogP) is 1.37. The van der Waals surface area contributed by atoms with Crippen LogP contribution in [0.15, 0.2) is 35.3 Å². The number of guanidine groups is 1. The molecule has 1 amide bonds. The number of likely N-dealkylation sites (tertiary alicyclic amines) is 1. The molecule has 0 bridgehead atoms. The number of aliphatic imine (C=N–C) groups is 1. The molecule has 2 aliphatic heterocycles. The summed E-state index contributed by atoms with van der Waals surface area (Å²) >= 11 is 0. The minimum atomic E-state index is 0.237. The van der Waals surface area contributed by atoms with Crippen molar-refractivity contribution in [3.8, 4) is 0 Å². The van der Waals surface area contributed by atoms with Crippen LogP contribution < -0.4 is 15.5 Å². The number of nitrogens with one attached hydrogen (secondary N) is 2. The average molecular weight is 401 g/mol. The Morgan fingerprint density at radius 1 is 1.17 bits per heavy atom. The first kappa shape index (κ1) is 21.4. The van der Waals surface area contributed by atoms with Gasteiger partial charge in [-0.2, -0.15) is 0 Å². The Bertz CT molecular complexity index is 671. The van der Waals surface area contributed by atoms with E-state index in [1.54, 1.807) is 0 Å². The summed E-state index contributed by atoms with van der Waals surface area (Å²) in [5.41, 5.74) is 1.31. The van der Waals surface area contributed by atoms with E-state index < -0.39 is 0 Å². The van der Waals surface area contributed by atoms with Crippen molar-refractivity contribution in [1.29, 1.82) is 0 Å². The maximum atomic E-state index is 11.9. The Morgan fingerprint density at radius 3 is 2.55 bits per heavy atom. The van der Waals surface area contributed by atoms with Gasteiger partial charge in [0.25, 0.3) is 0 Å². The topological polar surface area (TPSA) is 63.2 Å². The molecule has 160 valence electrons. The number of carbonyl (C=O) groups is 1. The number of hydrogen-bond donors (Lipinski definition) is 2. The molecule has 0 radical (unpaired) electrons. The first-order valence-electron chi connectivity index (χ1n) is 10.9. The average Bonchev–Trinajstić information content (AvgIpc) is 3.25. The molecule has 0 spiro atoms. The summed E-state index contributed by atoms with van der Waals surface area (Å²) in [5.74, 6) is 1.07. The van der Waals surface area contributed by atoms with Gasteiger partial charge < -0.3 is 20.4 Å². The number of carbonyl (C=O) groups excluding carboxylic acids is 1. The molecule has 0 aromatic heterocycles. The van der Waals surface area contributed by atoms with Crippen LogP contribution in [-0.4, -0.2) is 86.6 Å². The van der Waals surface area contributed by atoms with Crippen molar-refractivity contribution in [2.45, 2.75) is 38.8 Å². The Labute approximate surface area is 175 Å². The zero-order valence-corrected chi connectivity index (χ0v) is 18.1. The fourth-order valence-corrected chi connectivity index (χ4v) is 4.15. The molecule has 2 saturated heterocycles. The number of piperazine rings is 1. The summed E-state index contributed by atoms with van der Waals surface area (Å²) in [6.45, 7) is 10.9. The van der Waals surface area contributed by atoms with Crippen LogP contribution in [0, 0.1) is 0 Å². The Kier molecular flexibility index (Phi) is 7.75. The van der Waals surface area contributed by atoms with E-state index in [4.69, 9.17) is 0 Å². The molecule has 0 saturated carbocycles. The lowest BCUT2D eigenvalue weighted by atomic mass is 10.2. The van der Waals surface area contributed by atoms with Crippen LogP contribution in [0.1, 0.15) is 26.7 Å². The second-order valence-corrected chi connectivity index (χ2v) is 7.98. The third-order valence-electron chi connectivity index (χ3n) is 6.03. The van der Waals surface area contributed by atoms with Crippen LogP contribution in [0.4, 0.5) is 5.69 Å². The highest BCUT2D eigenvalue weighted by Crippen LogP contribution is 2.16. The smallest absolute Gasteiger partial charge is 0.222 e. The quantitative estimate of drug-likeness (QED) is 0.558. The molecular formula is C22H36N6O. The molecular weight excluding hydrogens is 364 g/mol. The van der Waals surface area contributed by atoms with Gasteiger partial charge in [-0.15, -0.1) is 0 Å². The van der Waals surface area contributed by atoms with E-state index in [0.717, 1.165) is 58.2 Å². The van der Waals surface area contributed by atoms with Crippen molar-refractivity contribution >= 4 is 17.6 Å². The van der Waals surface area contributed by atoms with Crippen LogP contribution in [0.25, 0.3) is 0 Å². The van der Waals surface area contributed by atoms with E-state index in [1.807, 2.05) is 18.9 Å². The largest absolute Gasteiger partial charge is 0.369 e. The predicted molar refractivity (Wildman–Crippen MR) is 119 cm³/mol. The Hall–Kier alpha value is -2.28. The van der Waals surface area contributed by atoms with Crippen molar-refractivity contribution in [3.63, 3.8) is 0 Å². The maximum absolute atomic E-state index is 11.9. The number of nitrogens with zero attached hydrogens (tertiary/aromatic N) is 4.